The first-order valence-electron chi connectivity index (χ1n) is 10.0. The summed E-state index contributed by atoms with van der Waals surface area (Å²) in [6.07, 6.45) is -1.53. The van der Waals surface area contributed by atoms with Gasteiger partial charge in [-0.25, -0.2) is 4.98 Å². The number of benzene rings is 1. The summed E-state index contributed by atoms with van der Waals surface area (Å²) in [5.41, 5.74) is -2.65. The van der Waals surface area contributed by atoms with E-state index in [4.69, 9.17) is 0 Å². The smallest absolute Gasteiger partial charge is 0.374 e. The standard InChI is InChI=1S/C21H25F3N4O3/c1-27-14-12-26-19(27)20(31,21(22,23)24)10-11-25-18(30)17(15-7-3-2-4-8-15)28-13-6-5-9-16(28)29/h2-4,7-8,12,14,17,31H,5-6,9-11,13H2,1H3,(H,25,30). The zero-order valence-electron chi connectivity index (χ0n) is 17.1. The Bertz CT molecular complexity index is 916. The summed E-state index contributed by atoms with van der Waals surface area (Å²) in [7, 11) is 1.35. The Balaban J connectivity index is 1.77. The zero-order chi connectivity index (χ0) is 22.6. The molecule has 2 atom stereocenters. The Hall–Kier alpha value is -2.88. The minimum absolute atomic E-state index is 0.171. The fourth-order valence-corrected chi connectivity index (χ4v) is 3.82. The number of piperidine rings is 1. The second-order valence-corrected chi connectivity index (χ2v) is 7.62. The Morgan fingerprint density at radius 1 is 1.26 bits per heavy atom. The van der Waals surface area contributed by atoms with Crippen molar-refractivity contribution < 1.29 is 27.9 Å². The number of imidazole rings is 1. The highest BCUT2D eigenvalue weighted by Crippen LogP contribution is 2.40. The summed E-state index contributed by atoms with van der Waals surface area (Å²) < 4.78 is 42.1. The van der Waals surface area contributed by atoms with Gasteiger partial charge in [0.05, 0.1) is 0 Å². The first kappa shape index (κ1) is 22.8. The Kier molecular flexibility index (Phi) is 6.68. The second-order valence-electron chi connectivity index (χ2n) is 7.62. The van der Waals surface area contributed by atoms with Crippen molar-refractivity contribution in [3.05, 3.63) is 54.1 Å². The SMILES string of the molecule is Cn1ccnc1C(O)(CCNC(=O)C(c1ccccc1)N1CCCCC1=O)C(F)(F)F. The number of nitrogens with one attached hydrogen (secondary N) is 1. The van der Waals surface area contributed by atoms with Crippen LogP contribution in [0.15, 0.2) is 42.7 Å². The summed E-state index contributed by atoms with van der Waals surface area (Å²) in [5.74, 6) is -1.32. The van der Waals surface area contributed by atoms with E-state index in [-0.39, 0.29) is 5.91 Å². The van der Waals surface area contributed by atoms with Gasteiger partial charge >= 0.3 is 6.18 Å². The number of hydrogen-bond donors (Lipinski definition) is 2. The normalized spacial score (nSPS) is 17.8. The van der Waals surface area contributed by atoms with Crippen LogP contribution in [0.25, 0.3) is 0 Å². The van der Waals surface area contributed by atoms with Gasteiger partial charge in [-0.3, -0.25) is 9.59 Å². The summed E-state index contributed by atoms with van der Waals surface area (Å²) in [6, 6.07) is 7.69. The van der Waals surface area contributed by atoms with E-state index < -0.39 is 42.5 Å². The first-order valence-corrected chi connectivity index (χ1v) is 10.0. The molecule has 168 valence electrons. The van der Waals surface area contributed by atoms with Gasteiger partial charge in [0.2, 0.25) is 17.4 Å². The molecule has 2 amide bonds. The third-order valence-electron chi connectivity index (χ3n) is 5.48. The molecule has 10 heteroatoms. The quantitative estimate of drug-likeness (QED) is 0.695. The van der Waals surface area contributed by atoms with E-state index in [1.54, 1.807) is 30.3 Å². The number of aliphatic hydroxyl groups is 1. The molecule has 1 aliphatic rings. The summed E-state index contributed by atoms with van der Waals surface area (Å²) >= 11 is 0. The van der Waals surface area contributed by atoms with E-state index in [9.17, 15) is 27.9 Å². The number of carbonyl (C=O) groups excluding carboxylic acids is 2. The van der Waals surface area contributed by atoms with Crippen molar-refractivity contribution in [1.29, 1.82) is 0 Å². The highest BCUT2D eigenvalue weighted by Gasteiger charge is 2.57. The lowest BCUT2D eigenvalue weighted by atomic mass is 9.97. The molecule has 0 saturated carbocycles. The number of carbonyl (C=O) groups is 2. The largest absolute Gasteiger partial charge is 0.424 e. The number of aromatic nitrogens is 2. The van der Waals surface area contributed by atoms with Crippen molar-refractivity contribution in [2.75, 3.05) is 13.1 Å². The van der Waals surface area contributed by atoms with Crippen molar-refractivity contribution in [2.45, 2.75) is 43.5 Å². The molecule has 1 fully saturated rings. The molecule has 0 radical (unpaired) electrons. The summed E-state index contributed by atoms with van der Waals surface area (Å²) in [4.78, 5) is 30.5. The number of amides is 2. The van der Waals surface area contributed by atoms with Crippen LogP contribution in [0.5, 0.6) is 0 Å². The van der Waals surface area contributed by atoms with Gasteiger partial charge in [-0.15, -0.1) is 0 Å². The number of alkyl halides is 3. The molecule has 3 rings (SSSR count). The van der Waals surface area contributed by atoms with Crippen molar-refractivity contribution >= 4 is 11.8 Å². The van der Waals surface area contributed by atoms with Crippen LogP contribution >= 0.6 is 0 Å². The molecule has 0 bridgehead atoms. The summed E-state index contributed by atoms with van der Waals surface area (Å²) in [6.45, 7) is -0.0569. The van der Waals surface area contributed by atoms with Gasteiger partial charge in [0.25, 0.3) is 0 Å². The van der Waals surface area contributed by atoms with Crippen LogP contribution in [0.4, 0.5) is 13.2 Å². The maximum atomic E-state index is 13.7. The van der Waals surface area contributed by atoms with Crippen molar-refractivity contribution in [3.63, 3.8) is 0 Å². The van der Waals surface area contributed by atoms with E-state index >= 15 is 0 Å². The van der Waals surface area contributed by atoms with Crippen LogP contribution in [0.2, 0.25) is 0 Å². The molecule has 1 aromatic heterocycles. The zero-order valence-corrected chi connectivity index (χ0v) is 17.1. The third kappa shape index (κ3) is 4.73. The molecule has 1 aromatic carbocycles. The van der Waals surface area contributed by atoms with Crippen LogP contribution < -0.4 is 5.32 Å². The maximum Gasteiger partial charge on any atom is 0.424 e. The Labute approximate surface area is 177 Å². The fourth-order valence-electron chi connectivity index (χ4n) is 3.82. The highest BCUT2D eigenvalue weighted by atomic mass is 19.4. The van der Waals surface area contributed by atoms with E-state index in [0.29, 0.717) is 18.5 Å². The highest BCUT2D eigenvalue weighted by molar-refractivity contribution is 5.89. The topological polar surface area (TPSA) is 87.5 Å². The molecule has 0 aliphatic carbocycles. The maximum absolute atomic E-state index is 13.7. The minimum atomic E-state index is -4.99. The predicted molar refractivity (Wildman–Crippen MR) is 106 cm³/mol. The Morgan fingerprint density at radius 2 is 1.97 bits per heavy atom. The average Bonchev–Trinajstić information content (AvgIpc) is 3.16. The van der Waals surface area contributed by atoms with Gasteiger partial charge in [0.15, 0.2) is 0 Å². The molecule has 1 aliphatic heterocycles. The molecule has 31 heavy (non-hydrogen) atoms. The molecule has 7 nitrogen and oxygen atoms in total. The lowest BCUT2D eigenvalue weighted by molar-refractivity contribution is -0.272. The van der Waals surface area contributed by atoms with Gasteiger partial charge in [-0.2, -0.15) is 13.2 Å². The number of likely N-dealkylation sites (tertiary alicyclic amines) is 1. The van der Waals surface area contributed by atoms with Crippen LogP contribution in [0.1, 0.15) is 43.1 Å². The molecule has 2 aromatic rings. The van der Waals surface area contributed by atoms with Crippen LogP contribution in [-0.2, 0) is 22.2 Å². The average molecular weight is 438 g/mol. The lowest BCUT2D eigenvalue weighted by Crippen LogP contribution is -2.49. The monoisotopic (exact) mass is 438 g/mol. The van der Waals surface area contributed by atoms with E-state index in [1.165, 1.54) is 18.1 Å². The first-order chi connectivity index (χ1) is 14.6. The van der Waals surface area contributed by atoms with Crippen molar-refractivity contribution in [2.24, 2.45) is 7.05 Å². The van der Waals surface area contributed by atoms with Crippen LogP contribution in [-0.4, -0.2) is 50.6 Å². The van der Waals surface area contributed by atoms with Gasteiger partial charge in [0, 0.05) is 45.4 Å². The molecular formula is C21H25F3N4O3. The molecule has 0 spiro atoms. The minimum Gasteiger partial charge on any atom is -0.374 e. The number of rotatable bonds is 7. The van der Waals surface area contributed by atoms with Gasteiger partial charge in [-0.05, 0) is 18.4 Å². The van der Waals surface area contributed by atoms with Gasteiger partial charge in [0.1, 0.15) is 11.9 Å². The molecular weight excluding hydrogens is 413 g/mol. The van der Waals surface area contributed by atoms with E-state index in [1.807, 2.05) is 0 Å². The third-order valence-corrected chi connectivity index (χ3v) is 5.48. The van der Waals surface area contributed by atoms with E-state index in [2.05, 4.69) is 10.3 Å². The van der Waals surface area contributed by atoms with E-state index in [0.717, 1.165) is 23.6 Å². The van der Waals surface area contributed by atoms with Crippen molar-refractivity contribution in [1.82, 2.24) is 19.8 Å². The molecule has 2 heterocycles. The van der Waals surface area contributed by atoms with Crippen molar-refractivity contribution in [3.8, 4) is 0 Å². The lowest BCUT2D eigenvalue weighted by Gasteiger charge is -2.34. The number of hydrogen-bond acceptors (Lipinski definition) is 4. The Morgan fingerprint density at radius 3 is 2.55 bits per heavy atom. The predicted octanol–water partition coefficient (Wildman–Crippen LogP) is 2.43. The van der Waals surface area contributed by atoms with Crippen LogP contribution in [0.3, 0.4) is 0 Å². The van der Waals surface area contributed by atoms with Gasteiger partial charge < -0.3 is 19.9 Å². The summed E-state index contributed by atoms with van der Waals surface area (Å²) in [5, 5.41) is 12.9. The molecule has 1 saturated heterocycles. The fraction of sp³-hybridized carbons (Fsp3) is 0.476. The van der Waals surface area contributed by atoms with Gasteiger partial charge in [-0.1, -0.05) is 30.3 Å². The molecule has 2 N–H and O–H groups in total. The number of nitrogens with zero attached hydrogens (tertiary/aromatic N) is 3. The van der Waals surface area contributed by atoms with Crippen LogP contribution in [0, 0.1) is 0 Å². The number of halogens is 3. The second kappa shape index (κ2) is 9.09. The molecule has 2 unspecified atom stereocenters. The number of aryl methyl sites for hydroxylation is 1.